The van der Waals surface area contributed by atoms with Gasteiger partial charge in [0.1, 0.15) is 11.6 Å². The Morgan fingerprint density at radius 3 is 2.84 bits per heavy atom. The molecule has 1 amide bonds. The Balaban J connectivity index is 2.28. The monoisotopic (exact) mass is 282 g/mol. The quantitative estimate of drug-likeness (QED) is 0.812. The van der Waals surface area contributed by atoms with Crippen molar-refractivity contribution in [1.29, 1.82) is 0 Å². The first kappa shape index (κ1) is 13.7. The molecule has 0 radical (unpaired) electrons. The summed E-state index contributed by atoms with van der Waals surface area (Å²) in [5.74, 6) is -1.31. The van der Waals surface area contributed by atoms with Crippen molar-refractivity contribution in [3.63, 3.8) is 0 Å². The lowest BCUT2D eigenvalue weighted by Gasteiger charge is -2.35. The van der Waals surface area contributed by atoms with Crippen LogP contribution < -0.4 is 5.73 Å². The van der Waals surface area contributed by atoms with E-state index in [1.54, 1.807) is 4.90 Å². The number of rotatable bonds is 2. The molecule has 0 spiro atoms. The van der Waals surface area contributed by atoms with Crippen molar-refractivity contribution < 1.29 is 14.3 Å². The minimum Gasteiger partial charge on any atom is -0.507 e. The van der Waals surface area contributed by atoms with Crippen molar-refractivity contribution in [3.05, 3.63) is 29.6 Å². The van der Waals surface area contributed by atoms with E-state index in [-0.39, 0.29) is 28.3 Å². The molecule has 0 saturated carbocycles. The van der Waals surface area contributed by atoms with Crippen molar-refractivity contribution in [2.75, 3.05) is 6.54 Å². The van der Waals surface area contributed by atoms with Crippen LogP contribution in [0.2, 0.25) is 0 Å². The number of phenols is 1. The van der Waals surface area contributed by atoms with Gasteiger partial charge in [-0.3, -0.25) is 4.79 Å². The number of thiocarbonyl (C=S) groups is 1. The molecule has 3 N–H and O–H groups in total. The average Bonchev–Trinajstić information content (AvgIpc) is 2.38. The third-order valence-corrected chi connectivity index (χ3v) is 3.55. The smallest absolute Gasteiger partial charge is 0.258 e. The molecule has 1 aliphatic rings. The number of likely N-dealkylation sites (tertiary alicyclic amines) is 1. The van der Waals surface area contributed by atoms with Crippen LogP contribution in [0.5, 0.6) is 5.75 Å². The molecule has 102 valence electrons. The SMILES string of the molecule is NC(=S)C1CCCCN1C(=O)c1ccc(F)cc1O. The van der Waals surface area contributed by atoms with Crippen LogP contribution >= 0.6 is 12.2 Å². The first-order chi connectivity index (χ1) is 9.00. The number of amides is 1. The number of phenolic OH excluding ortho intramolecular Hbond substituents is 1. The molecule has 1 aromatic rings. The fourth-order valence-corrected chi connectivity index (χ4v) is 2.56. The van der Waals surface area contributed by atoms with Gasteiger partial charge >= 0.3 is 0 Å². The molecule has 1 unspecified atom stereocenters. The van der Waals surface area contributed by atoms with Crippen LogP contribution in [0.25, 0.3) is 0 Å². The maximum absolute atomic E-state index is 12.9. The Hall–Kier alpha value is -1.69. The van der Waals surface area contributed by atoms with E-state index < -0.39 is 5.82 Å². The highest BCUT2D eigenvalue weighted by Crippen LogP contribution is 2.24. The number of carbonyl (C=O) groups excluding carboxylic acids is 1. The number of hydrogen-bond acceptors (Lipinski definition) is 3. The first-order valence-electron chi connectivity index (χ1n) is 6.09. The zero-order valence-electron chi connectivity index (χ0n) is 10.3. The number of nitrogens with two attached hydrogens (primary N) is 1. The van der Waals surface area contributed by atoms with Gasteiger partial charge in [-0.15, -0.1) is 0 Å². The summed E-state index contributed by atoms with van der Waals surface area (Å²) in [5.41, 5.74) is 5.72. The van der Waals surface area contributed by atoms with Crippen LogP contribution in [-0.4, -0.2) is 33.5 Å². The summed E-state index contributed by atoms with van der Waals surface area (Å²) in [7, 11) is 0. The van der Waals surface area contributed by atoms with Gasteiger partial charge in [0.25, 0.3) is 5.91 Å². The van der Waals surface area contributed by atoms with Crippen LogP contribution in [0.1, 0.15) is 29.6 Å². The normalized spacial score (nSPS) is 19.2. The van der Waals surface area contributed by atoms with Gasteiger partial charge in [-0.05, 0) is 31.4 Å². The molecule has 1 fully saturated rings. The molecule has 1 aliphatic heterocycles. The highest BCUT2D eigenvalue weighted by Gasteiger charge is 2.30. The summed E-state index contributed by atoms with van der Waals surface area (Å²) in [4.78, 5) is 14.2. The van der Waals surface area contributed by atoms with Crippen LogP contribution in [0.15, 0.2) is 18.2 Å². The molecule has 2 rings (SSSR count). The van der Waals surface area contributed by atoms with Crippen molar-refractivity contribution in [3.8, 4) is 5.75 Å². The van der Waals surface area contributed by atoms with Crippen LogP contribution in [0.4, 0.5) is 4.39 Å². The Morgan fingerprint density at radius 1 is 1.47 bits per heavy atom. The van der Waals surface area contributed by atoms with Crippen LogP contribution in [0.3, 0.4) is 0 Å². The van der Waals surface area contributed by atoms with E-state index in [0.29, 0.717) is 6.54 Å². The molecule has 6 heteroatoms. The molecule has 1 saturated heterocycles. The maximum Gasteiger partial charge on any atom is 0.258 e. The Morgan fingerprint density at radius 2 is 2.21 bits per heavy atom. The van der Waals surface area contributed by atoms with Crippen LogP contribution in [0, 0.1) is 5.82 Å². The van der Waals surface area contributed by atoms with Gasteiger partial charge in [0.05, 0.1) is 16.6 Å². The number of halogens is 1. The predicted molar refractivity (Wildman–Crippen MR) is 73.5 cm³/mol. The minimum atomic E-state index is -0.585. The second-order valence-corrected chi connectivity index (χ2v) is 5.05. The zero-order valence-corrected chi connectivity index (χ0v) is 11.1. The van der Waals surface area contributed by atoms with Gasteiger partial charge < -0.3 is 15.7 Å². The Labute approximate surface area is 116 Å². The molecular formula is C13H15FN2O2S. The highest BCUT2D eigenvalue weighted by atomic mass is 32.1. The summed E-state index contributed by atoms with van der Waals surface area (Å²) < 4.78 is 12.9. The van der Waals surface area contributed by atoms with Crippen molar-refractivity contribution in [2.45, 2.75) is 25.3 Å². The summed E-state index contributed by atoms with van der Waals surface area (Å²) >= 11 is 4.98. The average molecular weight is 282 g/mol. The number of benzene rings is 1. The number of piperidine rings is 1. The Bertz CT molecular complexity index is 521. The summed E-state index contributed by atoms with van der Waals surface area (Å²) in [5, 5.41) is 9.67. The van der Waals surface area contributed by atoms with E-state index in [1.807, 2.05) is 0 Å². The zero-order chi connectivity index (χ0) is 14.0. The van der Waals surface area contributed by atoms with Crippen molar-refractivity contribution in [2.24, 2.45) is 5.73 Å². The maximum atomic E-state index is 12.9. The second kappa shape index (κ2) is 5.52. The van der Waals surface area contributed by atoms with Gasteiger partial charge in [0, 0.05) is 12.6 Å². The molecule has 0 aromatic heterocycles. The summed E-state index contributed by atoms with van der Waals surface area (Å²) in [6.45, 7) is 0.539. The fourth-order valence-electron chi connectivity index (χ4n) is 2.31. The van der Waals surface area contributed by atoms with Gasteiger partial charge in [-0.2, -0.15) is 0 Å². The largest absolute Gasteiger partial charge is 0.507 e. The highest BCUT2D eigenvalue weighted by molar-refractivity contribution is 7.80. The predicted octanol–water partition coefficient (Wildman–Crippen LogP) is 1.81. The lowest BCUT2D eigenvalue weighted by Crippen LogP contribution is -2.49. The van der Waals surface area contributed by atoms with E-state index >= 15 is 0 Å². The minimum absolute atomic E-state index is 0.0737. The van der Waals surface area contributed by atoms with E-state index in [4.69, 9.17) is 18.0 Å². The fraction of sp³-hybridized carbons (Fsp3) is 0.385. The van der Waals surface area contributed by atoms with E-state index in [2.05, 4.69) is 0 Å². The first-order valence-corrected chi connectivity index (χ1v) is 6.50. The van der Waals surface area contributed by atoms with E-state index in [9.17, 15) is 14.3 Å². The molecule has 0 aliphatic carbocycles. The van der Waals surface area contributed by atoms with Gasteiger partial charge in [-0.1, -0.05) is 12.2 Å². The van der Waals surface area contributed by atoms with E-state index in [1.165, 1.54) is 6.07 Å². The second-order valence-electron chi connectivity index (χ2n) is 4.57. The van der Waals surface area contributed by atoms with Crippen molar-refractivity contribution in [1.82, 2.24) is 4.90 Å². The van der Waals surface area contributed by atoms with Gasteiger partial charge in [0.2, 0.25) is 0 Å². The lowest BCUT2D eigenvalue weighted by molar-refractivity contribution is 0.0678. The van der Waals surface area contributed by atoms with E-state index in [0.717, 1.165) is 31.4 Å². The number of hydrogen-bond donors (Lipinski definition) is 2. The molecular weight excluding hydrogens is 267 g/mol. The van der Waals surface area contributed by atoms with Gasteiger partial charge in [-0.25, -0.2) is 4.39 Å². The standard InChI is InChI=1S/C13H15FN2O2S/c14-8-4-5-9(11(17)7-8)13(18)16-6-2-1-3-10(16)12(15)19/h4-5,7,10,17H,1-3,6H2,(H2,15,19). The molecule has 1 atom stereocenters. The third-order valence-electron chi connectivity index (χ3n) is 3.28. The molecule has 1 aromatic carbocycles. The number of aromatic hydroxyl groups is 1. The van der Waals surface area contributed by atoms with Gasteiger partial charge in [0.15, 0.2) is 0 Å². The Kier molecular flexibility index (Phi) is 3.99. The number of carbonyl (C=O) groups is 1. The molecule has 19 heavy (non-hydrogen) atoms. The molecule has 4 nitrogen and oxygen atoms in total. The third kappa shape index (κ3) is 2.84. The van der Waals surface area contributed by atoms with Crippen LogP contribution in [-0.2, 0) is 0 Å². The number of nitrogens with zero attached hydrogens (tertiary/aromatic N) is 1. The molecule has 1 heterocycles. The topological polar surface area (TPSA) is 66.6 Å². The summed E-state index contributed by atoms with van der Waals surface area (Å²) in [6, 6.07) is 3.05. The summed E-state index contributed by atoms with van der Waals surface area (Å²) in [6.07, 6.45) is 2.55. The lowest BCUT2D eigenvalue weighted by atomic mass is 10.0. The van der Waals surface area contributed by atoms with Crippen molar-refractivity contribution >= 4 is 23.1 Å². The molecule has 0 bridgehead atoms.